The van der Waals surface area contributed by atoms with Crippen LogP contribution in [0.15, 0.2) is 18.2 Å². The Morgan fingerprint density at radius 1 is 1.47 bits per heavy atom. The predicted octanol–water partition coefficient (Wildman–Crippen LogP) is 3.76. The lowest BCUT2D eigenvalue weighted by Crippen LogP contribution is -2.45. The van der Waals surface area contributed by atoms with Crippen molar-refractivity contribution in [2.24, 2.45) is 0 Å². The summed E-state index contributed by atoms with van der Waals surface area (Å²) in [6.45, 7) is 2.48. The van der Waals surface area contributed by atoms with Crippen molar-refractivity contribution in [1.29, 1.82) is 0 Å². The summed E-state index contributed by atoms with van der Waals surface area (Å²) in [5, 5.41) is 0. The molecule has 0 heterocycles. The molecule has 0 aromatic heterocycles. The Balaban J connectivity index is 2.19. The van der Waals surface area contributed by atoms with Gasteiger partial charge in [0.2, 0.25) is 0 Å². The molecule has 0 bridgehead atoms. The van der Waals surface area contributed by atoms with Gasteiger partial charge in [0.1, 0.15) is 5.82 Å². The fourth-order valence-electron chi connectivity index (χ4n) is 2.34. The minimum atomic E-state index is -0.439. The van der Waals surface area contributed by atoms with Gasteiger partial charge in [0.25, 0.3) is 5.91 Å². The molecule has 0 spiro atoms. The highest BCUT2D eigenvalue weighted by atomic mass is 35.5. The zero-order chi connectivity index (χ0) is 13.8. The minimum absolute atomic E-state index is 0.182. The van der Waals surface area contributed by atoms with E-state index in [4.69, 9.17) is 11.6 Å². The van der Waals surface area contributed by atoms with Crippen LogP contribution >= 0.6 is 11.6 Å². The van der Waals surface area contributed by atoms with Crippen molar-refractivity contribution < 1.29 is 9.18 Å². The van der Waals surface area contributed by atoms with Crippen LogP contribution < -0.4 is 0 Å². The fourth-order valence-corrected chi connectivity index (χ4v) is 2.46. The summed E-state index contributed by atoms with van der Waals surface area (Å²) >= 11 is 5.71. The Labute approximate surface area is 118 Å². The number of amides is 1. The number of nitrogens with zero attached hydrogens (tertiary/aromatic N) is 1. The van der Waals surface area contributed by atoms with Crippen LogP contribution in [0.2, 0.25) is 0 Å². The van der Waals surface area contributed by atoms with E-state index in [1.807, 2.05) is 6.92 Å². The van der Waals surface area contributed by atoms with Gasteiger partial charge >= 0.3 is 0 Å². The maximum absolute atomic E-state index is 13.8. The number of halogens is 2. The number of rotatable bonds is 5. The van der Waals surface area contributed by atoms with E-state index < -0.39 is 5.82 Å². The van der Waals surface area contributed by atoms with Crippen molar-refractivity contribution in [3.05, 3.63) is 35.1 Å². The number of carbonyl (C=O) groups excluding carboxylic acids is 1. The average Bonchev–Trinajstić information content (AvgIpc) is 2.34. The number of aryl methyl sites for hydroxylation is 1. The van der Waals surface area contributed by atoms with Gasteiger partial charge < -0.3 is 4.90 Å². The molecule has 1 saturated carbocycles. The summed E-state index contributed by atoms with van der Waals surface area (Å²) < 4.78 is 13.8. The van der Waals surface area contributed by atoms with Gasteiger partial charge in [-0.05, 0) is 44.7 Å². The Kier molecular flexibility index (Phi) is 4.81. The lowest BCUT2D eigenvalue weighted by Gasteiger charge is -2.37. The molecule has 2 nitrogen and oxygen atoms in total. The molecule has 1 aromatic carbocycles. The summed E-state index contributed by atoms with van der Waals surface area (Å²) in [6, 6.07) is 4.93. The Bertz CT molecular complexity index is 459. The number of alkyl halides is 1. The normalized spacial score (nSPS) is 15.1. The molecule has 1 aromatic rings. The molecule has 0 saturated heterocycles. The van der Waals surface area contributed by atoms with Gasteiger partial charge in [-0.1, -0.05) is 11.6 Å². The van der Waals surface area contributed by atoms with Crippen LogP contribution in [-0.2, 0) is 0 Å². The Morgan fingerprint density at radius 3 is 2.79 bits per heavy atom. The molecule has 19 heavy (non-hydrogen) atoms. The third kappa shape index (κ3) is 3.27. The number of hydrogen-bond acceptors (Lipinski definition) is 1. The predicted molar refractivity (Wildman–Crippen MR) is 75.1 cm³/mol. The highest BCUT2D eigenvalue weighted by Gasteiger charge is 2.30. The van der Waals surface area contributed by atoms with Crippen LogP contribution in [0, 0.1) is 12.7 Å². The monoisotopic (exact) mass is 283 g/mol. The first-order chi connectivity index (χ1) is 9.13. The van der Waals surface area contributed by atoms with Crippen LogP contribution in [0.25, 0.3) is 0 Å². The van der Waals surface area contributed by atoms with E-state index in [1.54, 1.807) is 17.0 Å². The van der Waals surface area contributed by atoms with Crippen LogP contribution in [0.3, 0.4) is 0 Å². The summed E-state index contributed by atoms with van der Waals surface area (Å²) in [4.78, 5) is 14.3. The van der Waals surface area contributed by atoms with Crippen molar-refractivity contribution in [2.75, 3.05) is 12.4 Å². The van der Waals surface area contributed by atoms with E-state index >= 15 is 0 Å². The Morgan fingerprint density at radius 2 is 2.21 bits per heavy atom. The first kappa shape index (κ1) is 14.3. The van der Waals surface area contributed by atoms with Gasteiger partial charge in [-0.25, -0.2) is 4.39 Å². The topological polar surface area (TPSA) is 20.3 Å². The molecule has 1 fully saturated rings. The van der Waals surface area contributed by atoms with Crippen LogP contribution in [0.1, 0.15) is 41.6 Å². The molecule has 2 rings (SSSR count). The van der Waals surface area contributed by atoms with Crippen molar-refractivity contribution in [1.82, 2.24) is 4.90 Å². The van der Waals surface area contributed by atoms with Gasteiger partial charge in [0.05, 0.1) is 5.56 Å². The maximum atomic E-state index is 13.8. The number of benzene rings is 1. The van der Waals surface area contributed by atoms with Gasteiger partial charge in [-0.3, -0.25) is 4.79 Å². The smallest absolute Gasteiger partial charge is 0.257 e. The van der Waals surface area contributed by atoms with Gasteiger partial charge in [-0.2, -0.15) is 0 Å². The molecular weight excluding hydrogens is 265 g/mol. The van der Waals surface area contributed by atoms with E-state index in [2.05, 4.69) is 0 Å². The highest BCUT2D eigenvalue weighted by Crippen LogP contribution is 2.27. The van der Waals surface area contributed by atoms with E-state index in [-0.39, 0.29) is 17.5 Å². The number of hydrogen-bond donors (Lipinski definition) is 0. The largest absolute Gasteiger partial charge is 0.336 e. The minimum Gasteiger partial charge on any atom is -0.336 e. The molecule has 0 atom stereocenters. The zero-order valence-corrected chi connectivity index (χ0v) is 11.9. The second kappa shape index (κ2) is 6.38. The van der Waals surface area contributed by atoms with Crippen LogP contribution in [0.5, 0.6) is 0 Å². The van der Waals surface area contributed by atoms with E-state index in [9.17, 15) is 9.18 Å². The zero-order valence-electron chi connectivity index (χ0n) is 11.2. The summed E-state index contributed by atoms with van der Waals surface area (Å²) in [7, 11) is 0. The molecule has 1 amide bonds. The molecule has 0 unspecified atom stereocenters. The lowest BCUT2D eigenvalue weighted by molar-refractivity contribution is 0.0576. The lowest BCUT2D eigenvalue weighted by atomic mass is 9.90. The second-order valence-electron chi connectivity index (χ2n) is 5.11. The highest BCUT2D eigenvalue weighted by molar-refractivity contribution is 6.17. The quantitative estimate of drug-likeness (QED) is 0.754. The van der Waals surface area contributed by atoms with Crippen molar-refractivity contribution >= 4 is 17.5 Å². The van der Waals surface area contributed by atoms with Gasteiger partial charge in [-0.15, -0.1) is 11.6 Å². The maximum Gasteiger partial charge on any atom is 0.257 e. The molecule has 0 N–H and O–H groups in total. The first-order valence-electron chi connectivity index (χ1n) is 6.76. The summed E-state index contributed by atoms with van der Waals surface area (Å²) in [5.74, 6) is -0.117. The molecule has 0 radical (unpaired) electrons. The molecule has 1 aliphatic rings. The van der Waals surface area contributed by atoms with Crippen molar-refractivity contribution in [2.45, 2.75) is 38.6 Å². The average molecular weight is 284 g/mol. The summed E-state index contributed by atoms with van der Waals surface area (Å²) in [5.41, 5.74) is 1.08. The van der Waals surface area contributed by atoms with Gasteiger partial charge in [0, 0.05) is 18.5 Å². The van der Waals surface area contributed by atoms with Crippen LogP contribution in [-0.4, -0.2) is 29.3 Å². The van der Waals surface area contributed by atoms with Crippen molar-refractivity contribution in [3.8, 4) is 0 Å². The summed E-state index contributed by atoms with van der Waals surface area (Å²) in [6.07, 6.45) is 3.92. The second-order valence-corrected chi connectivity index (χ2v) is 5.49. The third-order valence-corrected chi connectivity index (χ3v) is 3.93. The standard InChI is InChI=1S/C15H19ClFNO/c1-11-6-7-14(17)13(10-11)15(19)18(9-3-8-16)12-4-2-5-12/h6-7,10,12H,2-5,8-9H2,1H3. The van der Waals surface area contributed by atoms with Crippen LogP contribution in [0.4, 0.5) is 4.39 Å². The van der Waals surface area contributed by atoms with Gasteiger partial charge in [0.15, 0.2) is 0 Å². The first-order valence-corrected chi connectivity index (χ1v) is 7.30. The van der Waals surface area contributed by atoms with E-state index in [0.29, 0.717) is 12.4 Å². The third-order valence-electron chi connectivity index (χ3n) is 3.66. The molecule has 1 aliphatic carbocycles. The van der Waals surface area contributed by atoms with E-state index in [1.165, 1.54) is 6.07 Å². The van der Waals surface area contributed by atoms with Crippen molar-refractivity contribution in [3.63, 3.8) is 0 Å². The molecule has 0 aliphatic heterocycles. The SMILES string of the molecule is Cc1ccc(F)c(C(=O)N(CCCCl)C2CCC2)c1. The number of carbonyl (C=O) groups is 1. The van der Waals surface area contributed by atoms with E-state index in [0.717, 1.165) is 31.2 Å². The molecular formula is C15H19ClFNO. The fraction of sp³-hybridized carbons (Fsp3) is 0.533. The Hall–Kier alpha value is -1.09. The molecule has 104 valence electrons. The molecule has 4 heteroatoms.